The summed E-state index contributed by atoms with van der Waals surface area (Å²) in [6, 6.07) is 4.76. The van der Waals surface area contributed by atoms with Crippen LogP contribution in [-0.2, 0) is 6.42 Å². The van der Waals surface area contributed by atoms with Gasteiger partial charge in [0.1, 0.15) is 0 Å². The van der Waals surface area contributed by atoms with Crippen molar-refractivity contribution in [3.05, 3.63) is 35.0 Å². The number of carboxylic acid groups (broad SMARTS) is 1. The van der Waals surface area contributed by atoms with Crippen molar-refractivity contribution >= 4 is 22.7 Å². The number of aryl methyl sites for hydroxylation is 1. The number of carboxylic acids is 1. The van der Waals surface area contributed by atoms with Crippen LogP contribution in [0.15, 0.2) is 18.2 Å². The number of benzene rings is 1. The third-order valence-electron chi connectivity index (χ3n) is 2.83. The molecule has 2 N–H and O–H groups in total. The maximum atomic E-state index is 11.6. The van der Waals surface area contributed by atoms with E-state index in [1.165, 1.54) is 13.0 Å². The van der Waals surface area contributed by atoms with Crippen LogP contribution in [0.3, 0.4) is 0 Å². The van der Waals surface area contributed by atoms with E-state index in [0.29, 0.717) is 17.5 Å². The Morgan fingerprint density at radius 2 is 2.06 bits per heavy atom. The van der Waals surface area contributed by atoms with Crippen LogP contribution in [0.1, 0.15) is 40.3 Å². The molecule has 1 aromatic heterocycles. The van der Waals surface area contributed by atoms with E-state index in [1.54, 1.807) is 12.1 Å². The molecular formula is C13H13NO3. The average Bonchev–Trinajstić information content (AvgIpc) is 2.65. The lowest BCUT2D eigenvalue weighted by Crippen LogP contribution is -1.96. The van der Waals surface area contributed by atoms with E-state index < -0.39 is 5.97 Å². The van der Waals surface area contributed by atoms with Gasteiger partial charge in [0.25, 0.3) is 0 Å². The van der Waals surface area contributed by atoms with Crippen molar-refractivity contribution in [1.82, 2.24) is 4.98 Å². The number of hydrogen-bond donors (Lipinski definition) is 2. The number of H-pyrrole nitrogens is 1. The smallest absolute Gasteiger partial charge is 0.335 e. The van der Waals surface area contributed by atoms with E-state index in [-0.39, 0.29) is 11.3 Å². The molecule has 1 aromatic carbocycles. The molecule has 0 saturated carbocycles. The Morgan fingerprint density at radius 1 is 1.35 bits per heavy atom. The summed E-state index contributed by atoms with van der Waals surface area (Å²) in [4.78, 5) is 25.5. The Kier molecular flexibility index (Phi) is 2.71. The summed E-state index contributed by atoms with van der Waals surface area (Å²) in [6.45, 7) is 3.47. The largest absolute Gasteiger partial charge is 0.478 e. The standard InChI is InChI=1S/C13H13NO3/c1-3-10-12(7(2)15)9-5-4-8(13(16)17)6-11(9)14-10/h4-6,14H,3H2,1-2H3,(H,16,17). The Labute approximate surface area is 98.3 Å². The van der Waals surface area contributed by atoms with Crippen LogP contribution in [0.4, 0.5) is 0 Å². The molecule has 0 unspecified atom stereocenters. The van der Waals surface area contributed by atoms with Crippen molar-refractivity contribution in [3.8, 4) is 0 Å². The van der Waals surface area contributed by atoms with Gasteiger partial charge in [0.05, 0.1) is 5.56 Å². The lowest BCUT2D eigenvalue weighted by atomic mass is 10.0. The van der Waals surface area contributed by atoms with Gasteiger partial charge < -0.3 is 10.1 Å². The van der Waals surface area contributed by atoms with Crippen LogP contribution in [-0.4, -0.2) is 21.8 Å². The number of Topliss-reactive ketones (excluding diaryl/α,β-unsaturated/α-hetero) is 1. The zero-order valence-electron chi connectivity index (χ0n) is 9.70. The number of aromatic carboxylic acids is 1. The quantitative estimate of drug-likeness (QED) is 0.798. The summed E-state index contributed by atoms with van der Waals surface area (Å²) in [5.74, 6) is -0.972. The van der Waals surface area contributed by atoms with E-state index in [9.17, 15) is 9.59 Å². The molecule has 0 aliphatic heterocycles. The Morgan fingerprint density at radius 3 is 2.59 bits per heavy atom. The summed E-state index contributed by atoms with van der Waals surface area (Å²) in [6.07, 6.45) is 0.714. The van der Waals surface area contributed by atoms with Gasteiger partial charge in [0.15, 0.2) is 5.78 Å². The molecule has 2 rings (SSSR count). The summed E-state index contributed by atoms with van der Waals surface area (Å²) < 4.78 is 0. The lowest BCUT2D eigenvalue weighted by molar-refractivity contribution is 0.0697. The number of rotatable bonds is 3. The van der Waals surface area contributed by atoms with Crippen molar-refractivity contribution in [2.75, 3.05) is 0 Å². The second-order valence-corrected chi connectivity index (χ2v) is 3.95. The Hall–Kier alpha value is -2.10. The molecule has 0 saturated heterocycles. The number of aromatic amines is 1. The predicted molar refractivity (Wildman–Crippen MR) is 64.6 cm³/mol. The summed E-state index contributed by atoms with van der Waals surface area (Å²) in [7, 11) is 0. The molecule has 0 fully saturated rings. The number of ketones is 1. The Bertz CT molecular complexity index is 610. The molecule has 4 heteroatoms. The first-order chi connectivity index (χ1) is 8.04. The van der Waals surface area contributed by atoms with Crippen molar-refractivity contribution in [2.24, 2.45) is 0 Å². The van der Waals surface area contributed by atoms with Crippen molar-refractivity contribution in [2.45, 2.75) is 20.3 Å². The fourth-order valence-electron chi connectivity index (χ4n) is 2.05. The first kappa shape index (κ1) is 11.4. The van der Waals surface area contributed by atoms with Gasteiger partial charge in [0.2, 0.25) is 0 Å². The van der Waals surface area contributed by atoms with Crippen LogP contribution >= 0.6 is 0 Å². The minimum atomic E-state index is -0.969. The average molecular weight is 231 g/mol. The second kappa shape index (κ2) is 4.05. The highest BCUT2D eigenvalue weighted by Gasteiger charge is 2.15. The van der Waals surface area contributed by atoms with Crippen molar-refractivity contribution in [3.63, 3.8) is 0 Å². The number of nitrogens with one attached hydrogen (secondary N) is 1. The van der Waals surface area contributed by atoms with Gasteiger partial charge in [-0.2, -0.15) is 0 Å². The number of carbonyl (C=O) groups is 2. The number of carbonyl (C=O) groups excluding carboxylic acids is 1. The Balaban J connectivity index is 2.74. The maximum Gasteiger partial charge on any atom is 0.335 e. The molecule has 1 heterocycles. The highest BCUT2D eigenvalue weighted by molar-refractivity contribution is 6.09. The molecule has 2 aromatic rings. The third-order valence-corrected chi connectivity index (χ3v) is 2.83. The number of fused-ring (bicyclic) bond motifs is 1. The zero-order chi connectivity index (χ0) is 12.6. The summed E-state index contributed by atoms with van der Waals surface area (Å²) >= 11 is 0. The number of hydrogen-bond acceptors (Lipinski definition) is 2. The van der Waals surface area contributed by atoms with Crippen LogP contribution in [0, 0.1) is 0 Å². The maximum absolute atomic E-state index is 11.6. The molecule has 0 spiro atoms. The predicted octanol–water partition coefficient (Wildman–Crippen LogP) is 2.63. The zero-order valence-corrected chi connectivity index (χ0v) is 9.70. The first-order valence-corrected chi connectivity index (χ1v) is 5.43. The van der Waals surface area contributed by atoms with Crippen molar-refractivity contribution < 1.29 is 14.7 Å². The van der Waals surface area contributed by atoms with Gasteiger partial charge >= 0.3 is 5.97 Å². The highest BCUT2D eigenvalue weighted by atomic mass is 16.4. The molecular weight excluding hydrogens is 218 g/mol. The topological polar surface area (TPSA) is 70.2 Å². The van der Waals surface area contributed by atoms with E-state index in [4.69, 9.17) is 5.11 Å². The molecule has 0 amide bonds. The SMILES string of the molecule is CCc1[nH]c2cc(C(=O)O)ccc2c1C(C)=O. The van der Waals surface area contributed by atoms with Crippen LogP contribution in [0.2, 0.25) is 0 Å². The first-order valence-electron chi connectivity index (χ1n) is 5.43. The molecule has 4 nitrogen and oxygen atoms in total. The summed E-state index contributed by atoms with van der Waals surface area (Å²) in [5.41, 5.74) is 2.44. The monoisotopic (exact) mass is 231 g/mol. The van der Waals surface area contributed by atoms with Gasteiger partial charge in [-0.05, 0) is 25.5 Å². The van der Waals surface area contributed by atoms with Gasteiger partial charge in [0, 0.05) is 22.2 Å². The van der Waals surface area contributed by atoms with Gasteiger partial charge in [-0.15, -0.1) is 0 Å². The van der Waals surface area contributed by atoms with Crippen LogP contribution in [0.25, 0.3) is 10.9 Å². The normalized spacial score (nSPS) is 10.7. The van der Waals surface area contributed by atoms with E-state index >= 15 is 0 Å². The molecule has 0 radical (unpaired) electrons. The third kappa shape index (κ3) is 1.82. The minimum Gasteiger partial charge on any atom is -0.478 e. The van der Waals surface area contributed by atoms with E-state index in [1.807, 2.05) is 6.92 Å². The van der Waals surface area contributed by atoms with Crippen molar-refractivity contribution in [1.29, 1.82) is 0 Å². The van der Waals surface area contributed by atoms with E-state index in [0.717, 1.165) is 11.1 Å². The van der Waals surface area contributed by atoms with Crippen LogP contribution < -0.4 is 0 Å². The summed E-state index contributed by atoms with van der Waals surface area (Å²) in [5, 5.41) is 9.70. The molecule has 0 aliphatic rings. The second-order valence-electron chi connectivity index (χ2n) is 3.95. The van der Waals surface area contributed by atoms with E-state index in [2.05, 4.69) is 4.98 Å². The lowest BCUT2D eigenvalue weighted by Gasteiger charge is -1.97. The van der Waals surface area contributed by atoms with Crippen LogP contribution in [0.5, 0.6) is 0 Å². The van der Waals surface area contributed by atoms with Gasteiger partial charge in [-0.25, -0.2) is 4.79 Å². The molecule has 17 heavy (non-hydrogen) atoms. The van der Waals surface area contributed by atoms with Gasteiger partial charge in [-0.3, -0.25) is 4.79 Å². The highest BCUT2D eigenvalue weighted by Crippen LogP contribution is 2.24. The fraction of sp³-hybridized carbons (Fsp3) is 0.231. The molecule has 0 atom stereocenters. The van der Waals surface area contributed by atoms with Gasteiger partial charge in [-0.1, -0.05) is 13.0 Å². The molecule has 0 aliphatic carbocycles. The number of aromatic nitrogens is 1. The fourth-order valence-corrected chi connectivity index (χ4v) is 2.05. The molecule has 0 bridgehead atoms. The minimum absolute atomic E-state index is 0.00354. The molecule has 88 valence electrons.